The van der Waals surface area contributed by atoms with Gasteiger partial charge in [0.1, 0.15) is 11.9 Å². The van der Waals surface area contributed by atoms with Gasteiger partial charge in [0, 0.05) is 34.5 Å². The first-order valence-corrected chi connectivity index (χ1v) is 10.6. The van der Waals surface area contributed by atoms with Gasteiger partial charge in [0.05, 0.1) is 11.7 Å². The fraction of sp³-hybridized carbons (Fsp3) is 0.0833. The van der Waals surface area contributed by atoms with Crippen LogP contribution in [0.3, 0.4) is 0 Å². The third kappa shape index (κ3) is 3.69. The Bertz CT molecular complexity index is 1230. The second kappa shape index (κ2) is 8.13. The number of thiocarbonyl (C=S) groups is 1. The lowest BCUT2D eigenvalue weighted by atomic mass is 10.0. The molecule has 0 unspecified atom stereocenters. The molecule has 0 saturated carbocycles. The summed E-state index contributed by atoms with van der Waals surface area (Å²) in [5, 5.41) is 4.68. The van der Waals surface area contributed by atoms with Gasteiger partial charge >= 0.3 is 0 Å². The summed E-state index contributed by atoms with van der Waals surface area (Å²) >= 11 is 11.9. The van der Waals surface area contributed by atoms with Gasteiger partial charge in [-0.3, -0.25) is 4.98 Å². The number of rotatable bonds is 4. The van der Waals surface area contributed by atoms with Gasteiger partial charge in [0.2, 0.25) is 0 Å². The van der Waals surface area contributed by atoms with E-state index in [1.54, 1.807) is 12.3 Å². The summed E-state index contributed by atoms with van der Waals surface area (Å²) in [7, 11) is 0. The number of pyridine rings is 1. The van der Waals surface area contributed by atoms with Crippen molar-refractivity contribution in [1.29, 1.82) is 0 Å². The maximum Gasteiger partial charge on any atom is 0.174 e. The summed E-state index contributed by atoms with van der Waals surface area (Å²) in [6, 6.07) is 23.5. The summed E-state index contributed by atoms with van der Waals surface area (Å²) in [5.74, 6) is -0.284. The van der Waals surface area contributed by atoms with Crippen LogP contribution in [-0.4, -0.2) is 14.7 Å². The number of anilines is 1. The van der Waals surface area contributed by atoms with E-state index in [1.165, 1.54) is 12.1 Å². The van der Waals surface area contributed by atoms with Gasteiger partial charge in [-0.1, -0.05) is 23.7 Å². The summed E-state index contributed by atoms with van der Waals surface area (Å²) < 4.78 is 16.0. The molecule has 7 heteroatoms. The molecular weight excluding hydrogens is 431 g/mol. The number of benzene rings is 2. The van der Waals surface area contributed by atoms with E-state index in [-0.39, 0.29) is 17.9 Å². The molecule has 0 radical (unpaired) electrons. The van der Waals surface area contributed by atoms with Crippen molar-refractivity contribution in [2.75, 3.05) is 4.90 Å². The van der Waals surface area contributed by atoms with Crippen LogP contribution < -0.4 is 10.2 Å². The van der Waals surface area contributed by atoms with Gasteiger partial charge in [0.15, 0.2) is 5.11 Å². The van der Waals surface area contributed by atoms with E-state index in [9.17, 15) is 4.39 Å². The maximum absolute atomic E-state index is 14.0. The van der Waals surface area contributed by atoms with Crippen molar-refractivity contribution in [2.45, 2.75) is 12.1 Å². The summed E-state index contributed by atoms with van der Waals surface area (Å²) in [6.07, 6.45) is 3.70. The minimum Gasteiger partial charge on any atom is -0.351 e. The van der Waals surface area contributed by atoms with E-state index in [0.717, 1.165) is 22.8 Å². The van der Waals surface area contributed by atoms with Crippen LogP contribution in [0.4, 0.5) is 10.1 Å². The molecule has 4 nitrogen and oxygen atoms in total. The summed E-state index contributed by atoms with van der Waals surface area (Å²) in [4.78, 5) is 6.64. The second-order valence-electron chi connectivity index (χ2n) is 7.26. The molecule has 5 rings (SSSR count). The van der Waals surface area contributed by atoms with Gasteiger partial charge in [-0.05, 0) is 78.9 Å². The van der Waals surface area contributed by atoms with E-state index >= 15 is 0 Å². The van der Waals surface area contributed by atoms with Crippen molar-refractivity contribution in [3.63, 3.8) is 0 Å². The van der Waals surface area contributed by atoms with Crippen molar-refractivity contribution in [2.24, 2.45) is 0 Å². The number of halogens is 2. The molecule has 1 aliphatic rings. The first kappa shape index (κ1) is 19.7. The van der Waals surface area contributed by atoms with Crippen LogP contribution in [-0.2, 0) is 0 Å². The van der Waals surface area contributed by atoms with Crippen LogP contribution in [0.1, 0.15) is 23.5 Å². The largest absolute Gasteiger partial charge is 0.351 e. The Kier molecular flexibility index (Phi) is 5.18. The Hall–Kier alpha value is -3.22. The average molecular weight is 449 g/mol. The Labute approximate surface area is 189 Å². The number of hydrogen-bond acceptors (Lipinski definition) is 2. The molecule has 1 saturated heterocycles. The molecule has 3 heterocycles. The first-order valence-electron chi connectivity index (χ1n) is 9.81. The number of nitrogens with zero attached hydrogens (tertiary/aromatic N) is 3. The molecule has 0 amide bonds. The predicted octanol–water partition coefficient (Wildman–Crippen LogP) is 5.84. The predicted molar refractivity (Wildman–Crippen MR) is 125 cm³/mol. The van der Waals surface area contributed by atoms with Gasteiger partial charge in [-0.25, -0.2) is 4.39 Å². The van der Waals surface area contributed by atoms with E-state index in [1.807, 2.05) is 71.4 Å². The van der Waals surface area contributed by atoms with Crippen LogP contribution in [0, 0.1) is 5.82 Å². The lowest BCUT2D eigenvalue weighted by Crippen LogP contribution is -2.30. The van der Waals surface area contributed by atoms with E-state index in [0.29, 0.717) is 10.1 Å². The van der Waals surface area contributed by atoms with Crippen molar-refractivity contribution in [3.8, 4) is 5.69 Å². The quantitative estimate of drug-likeness (QED) is 0.397. The van der Waals surface area contributed by atoms with Gasteiger partial charge < -0.3 is 14.8 Å². The molecule has 1 fully saturated rings. The molecule has 2 atom stereocenters. The third-order valence-electron chi connectivity index (χ3n) is 5.37. The zero-order valence-corrected chi connectivity index (χ0v) is 17.9. The fourth-order valence-electron chi connectivity index (χ4n) is 4.03. The molecule has 0 bridgehead atoms. The smallest absolute Gasteiger partial charge is 0.174 e. The van der Waals surface area contributed by atoms with E-state index in [4.69, 9.17) is 23.8 Å². The molecule has 1 N–H and O–H groups in total. The van der Waals surface area contributed by atoms with E-state index < -0.39 is 0 Å². The molecule has 2 aromatic carbocycles. The van der Waals surface area contributed by atoms with Crippen LogP contribution in [0.15, 0.2) is 91.3 Å². The van der Waals surface area contributed by atoms with Crippen LogP contribution in [0.5, 0.6) is 0 Å². The normalized spacial score (nSPS) is 18.3. The number of hydrogen-bond donors (Lipinski definition) is 1. The Balaban J connectivity index is 1.67. The monoisotopic (exact) mass is 448 g/mol. The summed E-state index contributed by atoms with van der Waals surface area (Å²) in [5.41, 5.74) is 3.49. The van der Waals surface area contributed by atoms with Gasteiger partial charge in [-0.2, -0.15) is 0 Å². The van der Waals surface area contributed by atoms with Crippen molar-refractivity contribution < 1.29 is 4.39 Å². The first-order chi connectivity index (χ1) is 15.1. The maximum atomic E-state index is 14.0. The minimum absolute atomic E-state index is 0.188. The van der Waals surface area contributed by atoms with Crippen LogP contribution in [0.25, 0.3) is 5.69 Å². The van der Waals surface area contributed by atoms with E-state index in [2.05, 4.69) is 15.2 Å². The number of nitrogens with one attached hydrogen (secondary N) is 1. The fourth-order valence-corrected chi connectivity index (χ4v) is 4.50. The molecule has 31 heavy (non-hydrogen) atoms. The molecule has 0 spiro atoms. The van der Waals surface area contributed by atoms with Crippen molar-refractivity contribution in [1.82, 2.24) is 14.9 Å². The highest BCUT2D eigenvalue weighted by Crippen LogP contribution is 2.42. The summed E-state index contributed by atoms with van der Waals surface area (Å²) in [6.45, 7) is 0. The van der Waals surface area contributed by atoms with Gasteiger partial charge in [0.25, 0.3) is 0 Å². The van der Waals surface area contributed by atoms with Crippen molar-refractivity contribution >= 4 is 34.6 Å². The highest BCUT2D eigenvalue weighted by molar-refractivity contribution is 7.80. The van der Waals surface area contributed by atoms with Crippen LogP contribution >= 0.6 is 23.8 Å². The topological polar surface area (TPSA) is 33.1 Å². The molecule has 4 aromatic rings. The highest BCUT2D eigenvalue weighted by Gasteiger charge is 2.42. The number of aromatic nitrogens is 2. The Morgan fingerprint density at radius 1 is 0.935 bits per heavy atom. The standard InChI is InChI=1S/C24H18ClFN4S/c25-16-9-11-18(12-10-16)30-23(22(28-24(30)31)20-7-1-2-13-27-20)21-8-4-14-29(21)19-6-3-5-17(26)15-19/h1-15,22-23H,(H,28,31)/t22-,23+/m0/s1. The zero-order chi connectivity index (χ0) is 21.4. The van der Waals surface area contributed by atoms with Crippen LogP contribution in [0.2, 0.25) is 5.02 Å². The second-order valence-corrected chi connectivity index (χ2v) is 8.08. The average Bonchev–Trinajstić information content (AvgIpc) is 3.39. The lowest BCUT2D eigenvalue weighted by Gasteiger charge is -2.29. The molecule has 2 aromatic heterocycles. The molecule has 1 aliphatic heterocycles. The zero-order valence-electron chi connectivity index (χ0n) is 16.3. The highest BCUT2D eigenvalue weighted by atomic mass is 35.5. The third-order valence-corrected chi connectivity index (χ3v) is 5.94. The lowest BCUT2D eigenvalue weighted by molar-refractivity contribution is 0.549. The SMILES string of the molecule is Fc1cccc(-n2cccc2[C@@H]2[C@H](c3ccccn3)NC(=S)N2c2ccc(Cl)cc2)c1. The van der Waals surface area contributed by atoms with Crippen molar-refractivity contribution in [3.05, 3.63) is 113 Å². The Morgan fingerprint density at radius 2 is 1.77 bits per heavy atom. The molecule has 154 valence electrons. The molecular formula is C24H18ClFN4S. The molecule has 0 aliphatic carbocycles. The van der Waals surface area contributed by atoms with Gasteiger partial charge in [-0.15, -0.1) is 0 Å². The minimum atomic E-state index is -0.284. The Morgan fingerprint density at radius 3 is 2.52 bits per heavy atom.